The van der Waals surface area contributed by atoms with Crippen molar-refractivity contribution in [1.29, 1.82) is 0 Å². The first kappa shape index (κ1) is 25.2. The van der Waals surface area contributed by atoms with Crippen LogP contribution in [0.15, 0.2) is 24.3 Å². The van der Waals surface area contributed by atoms with Crippen LogP contribution in [0.2, 0.25) is 0 Å². The molecule has 1 atom stereocenters. The number of piperidine rings is 1. The molecule has 1 aliphatic rings. The quantitative estimate of drug-likeness (QED) is 0.561. The van der Waals surface area contributed by atoms with Crippen LogP contribution in [0.4, 0.5) is 0 Å². The van der Waals surface area contributed by atoms with Crippen molar-refractivity contribution in [3.8, 4) is 5.75 Å². The first-order valence-electron chi connectivity index (χ1n) is 9.83. The number of benzene rings is 1. The third kappa shape index (κ3) is 7.17. The van der Waals surface area contributed by atoms with Gasteiger partial charge in [-0.05, 0) is 56.1 Å². The second-order valence-electron chi connectivity index (χ2n) is 7.82. The summed E-state index contributed by atoms with van der Waals surface area (Å²) in [5.41, 5.74) is 0.436. The maximum Gasteiger partial charge on any atom is 0.251 e. The third-order valence-corrected chi connectivity index (χ3v) is 5.34. The van der Waals surface area contributed by atoms with Crippen molar-refractivity contribution in [3.05, 3.63) is 29.8 Å². The van der Waals surface area contributed by atoms with Crippen molar-refractivity contribution in [3.63, 3.8) is 0 Å². The van der Waals surface area contributed by atoms with Crippen LogP contribution < -0.4 is 20.7 Å². The number of carbonyl (C=O) groups is 2. The number of nitrogens with one attached hydrogen (secondary N) is 3. The molecule has 29 heavy (non-hydrogen) atoms. The summed E-state index contributed by atoms with van der Waals surface area (Å²) in [4.78, 5) is 25.4. The number of halogens is 1. The predicted octanol–water partition coefficient (Wildman–Crippen LogP) is 2.00. The zero-order valence-corrected chi connectivity index (χ0v) is 18.6. The number of hydrogen-bond acceptors (Lipinski definition) is 5. The van der Waals surface area contributed by atoms with Gasteiger partial charge in [0.1, 0.15) is 11.8 Å². The summed E-state index contributed by atoms with van der Waals surface area (Å²) < 4.78 is 10.5. The molecule has 2 amide bonds. The minimum atomic E-state index is -0.601. The van der Waals surface area contributed by atoms with Gasteiger partial charge >= 0.3 is 0 Å². The molecule has 0 bridgehead atoms. The molecule has 1 fully saturated rings. The summed E-state index contributed by atoms with van der Waals surface area (Å²) in [6, 6.07) is 6.23. The lowest BCUT2D eigenvalue weighted by Gasteiger charge is -2.37. The Labute approximate surface area is 179 Å². The maximum atomic E-state index is 12.8. The molecule has 1 unspecified atom stereocenters. The molecule has 0 aliphatic carbocycles. The van der Waals surface area contributed by atoms with Gasteiger partial charge in [-0.25, -0.2) is 0 Å². The molecule has 0 spiro atoms. The molecular formula is C21H34ClN3O4. The highest BCUT2D eigenvalue weighted by Gasteiger charge is 2.34. The Morgan fingerprint density at radius 1 is 1.14 bits per heavy atom. The van der Waals surface area contributed by atoms with Crippen molar-refractivity contribution in [2.75, 3.05) is 40.5 Å². The summed E-state index contributed by atoms with van der Waals surface area (Å²) in [6.45, 7) is 6.84. The molecule has 2 rings (SSSR count). The Morgan fingerprint density at radius 3 is 2.28 bits per heavy atom. The van der Waals surface area contributed by atoms with Gasteiger partial charge in [-0.15, -0.1) is 12.4 Å². The molecule has 1 heterocycles. The van der Waals surface area contributed by atoms with Gasteiger partial charge in [0, 0.05) is 24.6 Å². The first-order valence-corrected chi connectivity index (χ1v) is 9.83. The van der Waals surface area contributed by atoms with Gasteiger partial charge in [0.15, 0.2) is 0 Å². The second-order valence-corrected chi connectivity index (χ2v) is 7.82. The van der Waals surface area contributed by atoms with E-state index < -0.39 is 6.04 Å². The number of amides is 2. The lowest BCUT2D eigenvalue weighted by atomic mass is 9.79. The van der Waals surface area contributed by atoms with Crippen LogP contribution in [0.5, 0.6) is 5.75 Å². The topological polar surface area (TPSA) is 88.7 Å². The Bertz CT molecular complexity index is 640. The van der Waals surface area contributed by atoms with E-state index in [1.807, 2.05) is 13.8 Å². The molecule has 0 radical (unpaired) electrons. The molecule has 8 heteroatoms. The molecule has 1 saturated heterocycles. The van der Waals surface area contributed by atoms with Crippen molar-refractivity contribution < 1.29 is 19.1 Å². The summed E-state index contributed by atoms with van der Waals surface area (Å²) in [5.74, 6) is 0.213. The number of hydrogen-bond donors (Lipinski definition) is 3. The van der Waals surface area contributed by atoms with Crippen molar-refractivity contribution >= 4 is 24.2 Å². The van der Waals surface area contributed by atoms with E-state index in [1.54, 1.807) is 38.5 Å². The Kier molecular flexibility index (Phi) is 10.4. The van der Waals surface area contributed by atoms with E-state index >= 15 is 0 Å². The Hall–Kier alpha value is -1.83. The van der Waals surface area contributed by atoms with E-state index in [0.29, 0.717) is 24.5 Å². The fourth-order valence-electron chi connectivity index (χ4n) is 3.52. The van der Waals surface area contributed by atoms with Crippen LogP contribution in [0.3, 0.4) is 0 Å². The van der Waals surface area contributed by atoms with E-state index in [1.165, 1.54) is 0 Å². The lowest BCUT2D eigenvalue weighted by Crippen LogP contribution is -2.53. The minimum absolute atomic E-state index is 0. The van der Waals surface area contributed by atoms with Gasteiger partial charge in [0.25, 0.3) is 5.91 Å². The zero-order chi connectivity index (χ0) is 20.6. The van der Waals surface area contributed by atoms with Gasteiger partial charge in [-0.1, -0.05) is 13.8 Å². The van der Waals surface area contributed by atoms with Gasteiger partial charge < -0.3 is 25.4 Å². The number of methoxy groups -OCH3 is 2. The highest BCUT2D eigenvalue weighted by molar-refractivity contribution is 5.97. The van der Waals surface area contributed by atoms with Crippen LogP contribution in [0, 0.1) is 11.3 Å². The molecule has 7 nitrogen and oxygen atoms in total. The number of rotatable bonds is 9. The third-order valence-electron chi connectivity index (χ3n) is 5.34. The van der Waals surface area contributed by atoms with Gasteiger partial charge in [0.2, 0.25) is 5.91 Å². The molecule has 1 aromatic rings. The normalized spacial score (nSPS) is 16.4. The van der Waals surface area contributed by atoms with Crippen LogP contribution in [0.25, 0.3) is 0 Å². The van der Waals surface area contributed by atoms with Gasteiger partial charge in [-0.2, -0.15) is 0 Å². The average Bonchev–Trinajstić information content (AvgIpc) is 2.71. The predicted molar refractivity (Wildman–Crippen MR) is 116 cm³/mol. The molecule has 1 aliphatic heterocycles. The van der Waals surface area contributed by atoms with Crippen LogP contribution in [-0.4, -0.2) is 58.3 Å². The van der Waals surface area contributed by atoms with Crippen LogP contribution in [0.1, 0.15) is 37.0 Å². The Balaban J connectivity index is 0.00000420. The lowest BCUT2D eigenvalue weighted by molar-refractivity contribution is -0.124. The van der Waals surface area contributed by atoms with Crippen molar-refractivity contribution in [1.82, 2.24) is 16.0 Å². The summed E-state index contributed by atoms with van der Waals surface area (Å²) in [5, 5.41) is 9.26. The highest BCUT2D eigenvalue weighted by atomic mass is 35.5. The van der Waals surface area contributed by atoms with Crippen LogP contribution >= 0.6 is 12.4 Å². The summed E-state index contributed by atoms with van der Waals surface area (Å²) >= 11 is 0. The van der Waals surface area contributed by atoms with Crippen molar-refractivity contribution in [2.24, 2.45) is 11.3 Å². The van der Waals surface area contributed by atoms with E-state index in [4.69, 9.17) is 9.47 Å². The summed E-state index contributed by atoms with van der Waals surface area (Å²) in [6.07, 6.45) is 1.90. The highest BCUT2D eigenvalue weighted by Crippen LogP contribution is 2.28. The smallest absolute Gasteiger partial charge is 0.251 e. The molecule has 3 N–H and O–H groups in total. The zero-order valence-electron chi connectivity index (χ0n) is 17.7. The van der Waals surface area contributed by atoms with Crippen LogP contribution in [-0.2, 0) is 9.53 Å². The molecule has 1 aromatic carbocycles. The molecule has 164 valence electrons. The van der Waals surface area contributed by atoms with Gasteiger partial charge in [-0.3, -0.25) is 9.59 Å². The fraction of sp³-hybridized carbons (Fsp3) is 0.619. The van der Waals surface area contributed by atoms with E-state index in [-0.39, 0.29) is 35.6 Å². The molecular weight excluding hydrogens is 394 g/mol. The fourth-order valence-corrected chi connectivity index (χ4v) is 3.52. The van der Waals surface area contributed by atoms with Crippen molar-refractivity contribution in [2.45, 2.75) is 32.7 Å². The Morgan fingerprint density at radius 2 is 1.76 bits per heavy atom. The maximum absolute atomic E-state index is 12.8. The average molecular weight is 428 g/mol. The number of ether oxygens (including phenoxy) is 2. The van der Waals surface area contributed by atoms with E-state index in [9.17, 15) is 9.59 Å². The minimum Gasteiger partial charge on any atom is -0.497 e. The standard InChI is InChI=1S/C21H33N3O4.ClH/c1-15(2)18(24-19(25)16-5-7-17(28-4)8-6-16)20(26)23-13-21(14-27-3)9-11-22-12-10-21;/h5-8,15,18,22H,9-14H2,1-4H3,(H,23,26)(H,24,25);1H. The monoisotopic (exact) mass is 427 g/mol. The van der Waals surface area contributed by atoms with Gasteiger partial charge in [0.05, 0.1) is 13.7 Å². The first-order chi connectivity index (χ1) is 13.4. The second kappa shape index (κ2) is 12.0. The van der Waals surface area contributed by atoms with E-state index in [0.717, 1.165) is 25.9 Å². The molecule has 0 aromatic heterocycles. The van der Waals surface area contributed by atoms with E-state index in [2.05, 4.69) is 16.0 Å². The largest absolute Gasteiger partial charge is 0.497 e. The summed E-state index contributed by atoms with van der Waals surface area (Å²) in [7, 11) is 3.27. The molecule has 0 saturated carbocycles. The number of carbonyl (C=O) groups excluding carboxylic acids is 2. The SMILES string of the molecule is COCC1(CNC(=O)C(NC(=O)c2ccc(OC)cc2)C(C)C)CCNCC1.Cl.